The Morgan fingerprint density at radius 1 is 1.29 bits per heavy atom. The zero-order valence-electron chi connectivity index (χ0n) is 11.1. The molecular formula is C16H12FN3O. The number of hydrogen-bond acceptors (Lipinski definition) is 3. The van der Waals surface area contributed by atoms with Crippen LogP contribution in [0, 0.1) is 17.1 Å². The van der Waals surface area contributed by atoms with E-state index in [1.807, 2.05) is 35.2 Å². The summed E-state index contributed by atoms with van der Waals surface area (Å²) in [5.74, 6) is -0.551. The fourth-order valence-electron chi connectivity index (χ4n) is 2.47. The average molecular weight is 281 g/mol. The molecule has 0 unspecified atom stereocenters. The monoisotopic (exact) mass is 281 g/mol. The molecule has 1 amide bonds. The third kappa shape index (κ3) is 2.70. The summed E-state index contributed by atoms with van der Waals surface area (Å²) in [5, 5.41) is 11.7. The van der Waals surface area contributed by atoms with Crippen LogP contribution in [0.3, 0.4) is 0 Å². The van der Waals surface area contributed by atoms with E-state index in [-0.39, 0.29) is 18.0 Å². The highest BCUT2D eigenvalue weighted by molar-refractivity contribution is 6.01. The maximum absolute atomic E-state index is 13.5. The molecule has 2 aromatic carbocycles. The van der Waals surface area contributed by atoms with Crippen LogP contribution >= 0.6 is 0 Å². The van der Waals surface area contributed by atoms with Crippen molar-refractivity contribution < 1.29 is 9.18 Å². The van der Waals surface area contributed by atoms with Crippen LogP contribution in [0.25, 0.3) is 0 Å². The van der Waals surface area contributed by atoms with E-state index in [0.717, 1.165) is 11.4 Å². The topological polar surface area (TPSA) is 56.1 Å². The Morgan fingerprint density at radius 3 is 2.90 bits per heavy atom. The van der Waals surface area contributed by atoms with E-state index in [1.54, 1.807) is 6.07 Å². The van der Waals surface area contributed by atoms with Gasteiger partial charge >= 0.3 is 0 Å². The summed E-state index contributed by atoms with van der Waals surface area (Å²) in [5.41, 5.74) is 2.57. The van der Waals surface area contributed by atoms with Crippen LogP contribution < -0.4 is 10.2 Å². The second-order valence-corrected chi connectivity index (χ2v) is 4.88. The first kappa shape index (κ1) is 13.1. The molecule has 1 aliphatic heterocycles. The van der Waals surface area contributed by atoms with Gasteiger partial charge in [-0.25, -0.2) is 4.39 Å². The van der Waals surface area contributed by atoms with E-state index >= 15 is 0 Å². The van der Waals surface area contributed by atoms with Crippen LogP contribution in [-0.2, 0) is 11.3 Å². The van der Waals surface area contributed by atoms with Crippen molar-refractivity contribution in [2.45, 2.75) is 6.54 Å². The molecule has 0 atom stereocenters. The third-order valence-electron chi connectivity index (χ3n) is 3.31. The first-order chi connectivity index (χ1) is 10.2. The van der Waals surface area contributed by atoms with E-state index in [2.05, 4.69) is 5.32 Å². The molecule has 3 rings (SSSR count). The van der Waals surface area contributed by atoms with Crippen molar-refractivity contribution in [1.29, 1.82) is 5.26 Å². The van der Waals surface area contributed by atoms with Gasteiger partial charge < -0.3 is 10.2 Å². The van der Waals surface area contributed by atoms with Crippen molar-refractivity contribution in [3.8, 4) is 6.07 Å². The summed E-state index contributed by atoms with van der Waals surface area (Å²) < 4.78 is 13.5. The van der Waals surface area contributed by atoms with Crippen molar-refractivity contribution in [2.75, 3.05) is 16.8 Å². The number of hydrogen-bond donors (Lipinski definition) is 1. The Kier molecular flexibility index (Phi) is 3.28. The number of carbonyl (C=O) groups is 1. The standard InChI is InChI=1S/C16H12FN3O/c17-13-6-11(8-18)5-12(7-13)9-20-10-16(21)19-14-3-1-2-4-15(14)20/h1-7H,9-10H2,(H,19,21). The normalized spacial score (nSPS) is 13.3. The number of rotatable bonds is 2. The predicted octanol–water partition coefficient (Wildman–Crippen LogP) is 2.66. The minimum absolute atomic E-state index is 0.106. The minimum Gasteiger partial charge on any atom is -0.356 e. The van der Waals surface area contributed by atoms with Gasteiger partial charge in [0, 0.05) is 6.54 Å². The van der Waals surface area contributed by atoms with E-state index in [1.165, 1.54) is 12.1 Å². The molecule has 1 aliphatic rings. The molecule has 21 heavy (non-hydrogen) atoms. The number of para-hydroxylation sites is 2. The molecule has 0 aromatic heterocycles. The summed E-state index contributed by atoms with van der Waals surface area (Å²) in [7, 11) is 0. The van der Waals surface area contributed by atoms with Gasteiger partial charge in [0.05, 0.1) is 29.6 Å². The molecule has 0 spiro atoms. The summed E-state index contributed by atoms with van der Waals surface area (Å²) in [6.45, 7) is 0.576. The predicted molar refractivity (Wildman–Crippen MR) is 77.2 cm³/mol. The van der Waals surface area contributed by atoms with Crippen molar-refractivity contribution in [2.24, 2.45) is 0 Å². The van der Waals surface area contributed by atoms with Crippen LogP contribution in [0.2, 0.25) is 0 Å². The van der Waals surface area contributed by atoms with E-state index in [9.17, 15) is 9.18 Å². The number of carbonyl (C=O) groups excluding carboxylic acids is 1. The number of amides is 1. The molecule has 0 aliphatic carbocycles. The molecule has 0 saturated carbocycles. The Bertz CT molecular complexity index is 751. The van der Waals surface area contributed by atoms with Crippen LogP contribution in [0.5, 0.6) is 0 Å². The van der Waals surface area contributed by atoms with Gasteiger partial charge in [-0.15, -0.1) is 0 Å². The second kappa shape index (κ2) is 5.25. The fraction of sp³-hybridized carbons (Fsp3) is 0.125. The van der Waals surface area contributed by atoms with Crippen LogP contribution in [0.1, 0.15) is 11.1 Å². The Morgan fingerprint density at radius 2 is 2.10 bits per heavy atom. The molecular weight excluding hydrogens is 269 g/mol. The Labute approximate surface area is 121 Å². The molecule has 2 aromatic rings. The van der Waals surface area contributed by atoms with Crippen molar-refractivity contribution in [3.63, 3.8) is 0 Å². The maximum atomic E-state index is 13.5. The van der Waals surface area contributed by atoms with Crippen LogP contribution in [0.4, 0.5) is 15.8 Å². The third-order valence-corrected chi connectivity index (χ3v) is 3.31. The highest BCUT2D eigenvalue weighted by Gasteiger charge is 2.21. The Hall–Kier alpha value is -2.87. The zero-order chi connectivity index (χ0) is 14.8. The fourth-order valence-corrected chi connectivity index (χ4v) is 2.47. The van der Waals surface area contributed by atoms with Gasteiger partial charge in [0.1, 0.15) is 5.82 Å². The molecule has 1 N–H and O–H groups in total. The highest BCUT2D eigenvalue weighted by Crippen LogP contribution is 2.30. The number of fused-ring (bicyclic) bond motifs is 1. The lowest BCUT2D eigenvalue weighted by molar-refractivity contribution is -0.115. The molecule has 0 radical (unpaired) electrons. The van der Waals surface area contributed by atoms with Crippen LogP contribution in [-0.4, -0.2) is 12.5 Å². The maximum Gasteiger partial charge on any atom is 0.243 e. The first-order valence-electron chi connectivity index (χ1n) is 6.49. The molecule has 0 saturated heterocycles. The number of halogens is 1. The SMILES string of the molecule is N#Cc1cc(F)cc(CN2CC(=O)Nc3ccccc32)c1. The summed E-state index contributed by atoms with van der Waals surface area (Å²) in [4.78, 5) is 13.6. The molecule has 0 bridgehead atoms. The summed E-state index contributed by atoms with van der Waals surface area (Å²) >= 11 is 0. The van der Waals surface area contributed by atoms with Gasteiger partial charge in [-0.1, -0.05) is 12.1 Å². The lowest BCUT2D eigenvalue weighted by Gasteiger charge is -2.30. The van der Waals surface area contributed by atoms with Crippen molar-refractivity contribution >= 4 is 17.3 Å². The second-order valence-electron chi connectivity index (χ2n) is 4.88. The van der Waals surface area contributed by atoms with Crippen molar-refractivity contribution in [3.05, 3.63) is 59.4 Å². The molecule has 4 nitrogen and oxygen atoms in total. The summed E-state index contributed by atoms with van der Waals surface area (Å²) in [6.07, 6.45) is 0. The van der Waals surface area contributed by atoms with E-state index in [0.29, 0.717) is 12.1 Å². The average Bonchev–Trinajstić information content (AvgIpc) is 2.46. The summed E-state index contributed by atoms with van der Waals surface area (Å²) in [6, 6.07) is 13.6. The van der Waals surface area contributed by atoms with Crippen LogP contribution in [0.15, 0.2) is 42.5 Å². The number of nitrogens with one attached hydrogen (secondary N) is 1. The largest absolute Gasteiger partial charge is 0.356 e. The zero-order valence-corrected chi connectivity index (χ0v) is 11.1. The van der Waals surface area contributed by atoms with E-state index < -0.39 is 5.82 Å². The van der Waals surface area contributed by atoms with Gasteiger partial charge in [-0.3, -0.25) is 4.79 Å². The number of nitrogens with zero attached hydrogens (tertiary/aromatic N) is 2. The molecule has 0 fully saturated rings. The Balaban J connectivity index is 1.94. The van der Waals surface area contributed by atoms with Gasteiger partial charge in [-0.2, -0.15) is 5.26 Å². The van der Waals surface area contributed by atoms with Gasteiger partial charge in [0.2, 0.25) is 5.91 Å². The minimum atomic E-state index is -0.446. The van der Waals surface area contributed by atoms with E-state index in [4.69, 9.17) is 5.26 Å². The quantitative estimate of drug-likeness (QED) is 0.920. The highest BCUT2D eigenvalue weighted by atomic mass is 19.1. The lowest BCUT2D eigenvalue weighted by Crippen LogP contribution is -2.37. The number of anilines is 2. The molecule has 5 heteroatoms. The smallest absolute Gasteiger partial charge is 0.243 e. The van der Waals surface area contributed by atoms with Crippen molar-refractivity contribution in [1.82, 2.24) is 0 Å². The number of benzene rings is 2. The number of nitriles is 1. The lowest BCUT2D eigenvalue weighted by atomic mass is 10.1. The molecule has 1 heterocycles. The van der Waals surface area contributed by atoms with Gasteiger partial charge in [-0.05, 0) is 35.9 Å². The van der Waals surface area contributed by atoms with Gasteiger partial charge in [0.25, 0.3) is 0 Å². The first-order valence-corrected chi connectivity index (χ1v) is 6.49. The van der Waals surface area contributed by atoms with Gasteiger partial charge in [0.15, 0.2) is 0 Å². The molecule has 104 valence electrons.